The Labute approximate surface area is 161 Å². The third-order valence-electron chi connectivity index (χ3n) is 5.33. The molecule has 2 N–H and O–H groups in total. The topological polar surface area (TPSA) is 67.2 Å². The van der Waals surface area contributed by atoms with E-state index < -0.39 is 11.6 Å². The third kappa shape index (κ3) is 3.49. The molecule has 0 aliphatic heterocycles. The number of amides is 1. The predicted molar refractivity (Wildman–Crippen MR) is 102 cm³/mol. The van der Waals surface area contributed by atoms with Crippen molar-refractivity contribution in [3.8, 4) is 11.3 Å². The Morgan fingerprint density at radius 3 is 2.61 bits per heavy atom. The first kappa shape index (κ1) is 18.6. The maximum Gasteiger partial charge on any atom is 0.251 e. The summed E-state index contributed by atoms with van der Waals surface area (Å²) in [5, 5.41) is 17.3. The van der Waals surface area contributed by atoms with Crippen LogP contribution in [0.3, 0.4) is 0 Å². The summed E-state index contributed by atoms with van der Waals surface area (Å²) in [4.78, 5) is 12.4. The second-order valence-electron chi connectivity index (χ2n) is 7.31. The summed E-state index contributed by atoms with van der Waals surface area (Å²) >= 11 is 0. The van der Waals surface area contributed by atoms with E-state index in [9.17, 15) is 18.7 Å². The highest BCUT2D eigenvalue weighted by atomic mass is 19.1. The van der Waals surface area contributed by atoms with Crippen molar-refractivity contribution >= 4 is 16.8 Å². The fraction of sp³-hybridized carbons (Fsp3) is 0.333. The molecule has 3 aromatic rings. The van der Waals surface area contributed by atoms with E-state index in [0.29, 0.717) is 42.3 Å². The number of carbonyl (C=O) groups excluding carboxylic acids is 1. The molecule has 1 amide bonds. The Balaban J connectivity index is 1.60. The second-order valence-corrected chi connectivity index (χ2v) is 7.31. The van der Waals surface area contributed by atoms with Gasteiger partial charge in [0.25, 0.3) is 5.91 Å². The van der Waals surface area contributed by atoms with Gasteiger partial charge in [-0.05, 0) is 62.1 Å². The standard InChI is InChI=1S/C21H21F2N3O2/c1-26-19-9-3-13(22)11-17(19)20(25-26)16-8-2-12(10-18(16)23)21(28)24-14-4-6-15(27)7-5-14/h2-3,8-11,14-15,27H,4-7H2,1H3,(H,24,28). The number of benzene rings is 2. The molecule has 28 heavy (non-hydrogen) atoms. The van der Waals surface area contributed by atoms with Crippen LogP contribution in [0.4, 0.5) is 8.78 Å². The first-order valence-corrected chi connectivity index (χ1v) is 9.33. The van der Waals surface area contributed by atoms with Crippen molar-refractivity contribution in [1.29, 1.82) is 0 Å². The summed E-state index contributed by atoms with van der Waals surface area (Å²) < 4.78 is 30.0. The minimum atomic E-state index is -0.587. The number of nitrogens with one attached hydrogen (secondary N) is 1. The Hall–Kier alpha value is -2.80. The third-order valence-corrected chi connectivity index (χ3v) is 5.33. The van der Waals surface area contributed by atoms with Gasteiger partial charge in [-0.1, -0.05) is 0 Å². The molecule has 4 rings (SSSR count). The normalized spacial score (nSPS) is 19.7. The number of carbonyl (C=O) groups is 1. The molecule has 1 aliphatic carbocycles. The zero-order valence-electron chi connectivity index (χ0n) is 15.5. The quantitative estimate of drug-likeness (QED) is 0.725. The molecule has 0 atom stereocenters. The lowest BCUT2D eigenvalue weighted by molar-refractivity contribution is 0.0867. The number of nitrogens with zero attached hydrogens (tertiary/aromatic N) is 2. The van der Waals surface area contributed by atoms with Gasteiger partial charge in [-0.15, -0.1) is 0 Å². The highest BCUT2D eigenvalue weighted by Crippen LogP contribution is 2.30. The minimum Gasteiger partial charge on any atom is -0.393 e. The molecule has 0 radical (unpaired) electrons. The number of hydrogen-bond donors (Lipinski definition) is 2. The Kier molecular flexibility index (Phi) is 4.85. The fourth-order valence-corrected chi connectivity index (χ4v) is 3.77. The lowest BCUT2D eigenvalue weighted by Crippen LogP contribution is -2.38. The van der Waals surface area contributed by atoms with Gasteiger partial charge in [-0.3, -0.25) is 9.48 Å². The van der Waals surface area contributed by atoms with Crippen LogP contribution in [0.1, 0.15) is 36.0 Å². The van der Waals surface area contributed by atoms with Crippen molar-refractivity contribution in [1.82, 2.24) is 15.1 Å². The van der Waals surface area contributed by atoms with Crippen molar-refractivity contribution in [2.45, 2.75) is 37.8 Å². The number of halogens is 2. The van der Waals surface area contributed by atoms with Crippen LogP contribution in [-0.2, 0) is 7.05 Å². The van der Waals surface area contributed by atoms with Gasteiger partial charge in [-0.25, -0.2) is 8.78 Å². The molecule has 1 heterocycles. The van der Waals surface area contributed by atoms with Gasteiger partial charge < -0.3 is 10.4 Å². The molecular weight excluding hydrogens is 364 g/mol. The van der Waals surface area contributed by atoms with Crippen molar-refractivity contribution in [2.24, 2.45) is 7.05 Å². The van der Waals surface area contributed by atoms with E-state index in [1.807, 2.05) is 0 Å². The molecule has 0 spiro atoms. The van der Waals surface area contributed by atoms with Crippen LogP contribution in [0, 0.1) is 11.6 Å². The van der Waals surface area contributed by atoms with E-state index in [0.717, 1.165) is 0 Å². The Morgan fingerprint density at radius 1 is 1.14 bits per heavy atom. The van der Waals surface area contributed by atoms with Gasteiger partial charge in [0.05, 0.1) is 11.6 Å². The summed E-state index contributed by atoms with van der Waals surface area (Å²) in [5.41, 5.74) is 1.46. The van der Waals surface area contributed by atoms with Crippen LogP contribution in [0.25, 0.3) is 22.2 Å². The molecule has 0 bridgehead atoms. The molecule has 146 valence electrons. The van der Waals surface area contributed by atoms with E-state index in [1.165, 1.54) is 24.3 Å². The summed E-state index contributed by atoms with van der Waals surface area (Å²) in [6.45, 7) is 0. The number of aromatic nitrogens is 2. The zero-order valence-corrected chi connectivity index (χ0v) is 15.5. The van der Waals surface area contributed by atoms with Gasteiger partial charge in [-0.2, -0.15) is 5.10 Å². The van der Waals surface area contributed by atoms with Crippen LogP contribution >= 0.6 is 0 Å². The first-order chi connectivity index (χ1) is 13.4. The van der Waals surface area contributed by atoms with Gasteiger partial charge in [0.15, 0.2) is 0 Å². The van der Waals surface area contributed by atoms with E-state index in [2.05, 4.69) is 10.4 Å². The van der Waals surface area contributed by atoms with Crippen LogP contribution in [-0.4, -0.2) is 32.9 Å². The second kappa shape index (κ2) is 7.31. The summed E-state index contributed by atoms with van der Waals surface area (Å²) in [6.07, 6.45) is 2.42. The number of aliphatic hydroxyl groups is 1. The van der Waals surface area contributed by atoms with Crippen molar-refractivity contribution in [3.63, 3.8) is 0 Å². The number of rotatable bonds is 3. The van der Waals surface area contributed by atoms with Crippen molar-refractivity contribution in [3.05, 3.63) is 53.6 Å². The highest BCUT2D eigenvalue weighted by molar-refractivity contribution is 5.97. The monoisotopic (exact) mass is 385 g/mol. The average Bonchev–Trinajstić information content (AvgIpc) is 2.99. The molecule has 1 aromatic heterocycles. The van der Waals surface area contributed by atoms with Crippen molar-refractivity contribution in [2.75, 3.05) is 0 Å². The minimum absolute atomic E-state index is 0.0126. The summed E-state index contributed by atoms with van der Waals surface area (Å²) in [7, 11) is 1.71. The van der Waals surface area contributed by atoms with E-state index >= 15 is 0 Å². The van der Waals surface area contributed by atoms with Crippen molar-refractivity contribution < 1.29 is 18.7 Å². The number of aliphatic hydroxyl groups excluding tert-OH is 1. The first-order valence-electron chi connectivity index (χ1n) is 9.33. The Morgan fingerprint density at radius 2 is 1.89 bits per heavy atom. The summed E-state index contributed by atoms with van der Waals surface area (Å²) in [6, 6.07) is 8.48. The SMILES string of the molecule is Cn1nc(-c2ccc(C(=O)NC3CCC(O)CC3)cc2F)c2cc(F)ccc21. The molecule has 1 saturated carbocycles. The zero-order chi connectivity index (χ0) is 19.8. The molecule has 2 aromatic carbocycles. The molecular formula is C21H21F2N3O2. The van der Waals surface area contributed by atoms with Gasteiger partial charge >= 0.3 is 0 Å². The fourth-order valence-electron chi connectivity index (χ4n) is 3.77. The molecule has 0 unspecified atom stereocenters. The van der Waals surface area contributed by atoms with Gasteiger partial charge in [0.2, 0.25) is 0 Å². The molecule has 1 aliphatic rings. The van der Waals surface area contributed by atoms with E-state index in [4.69, 9.17) is 0 Å². The molecule has 1 fully saturated rings. The number of aryl methyl sites for hydroxylation is 1. The largest absolute Gasteiger partial charge is 0.393 e. The molecule has 7 heteroatoms. The molecule has 5 nitrogen and oxygen atoms in total. The number of hydrogen-bond acceptors (Lipinski definition) is 3. The van der Waals surface area contributed by atoms with Gasteiger partial charge in [0, 0.05) is 29.6 Å². The van der Waals surface area contributed by atoms with Crippen LogP contribution in [0.5, 0.6) is 0 Å². The van der Waals surface area contributed by atoms with E-state index in [-0.39, 0.29) is 29.2 Å². The molecule has 0 saturated heterocycles. The maximum absolute atomic E-state index is 14.8. The lowest BCUT2D eigenvalue weighted by Gasteiger charge is -2.26. The smallest absolute Gasteiger partial charge is 0.251 e. The average molecular weight is 385 g/mol. The number of fused-ring (bicyclic) bond motifs is 1. The maximum atomic E-state index is 14.8. The van der Waals surface area contributed by atoms with Gasteiger partial charge in [0.1, 0.15) is 17.3 Å². The summed E-state index contributed by atoms with van der Waals surface area (Å²) in [5.74, 6) is -1.35. The van der Waals surface area contributed by atoms with Crippen LogP contribution < -0.4 is 5.32 Å². The van der Waals surface area contributed by atoms with Crippen LogP contribution in [0.2, 0.25) is 0 Å². The van der Waals surface area contributed by atoms with Crippen LogP contribution in [0.15, 0.2) is 36.4 Å². The van der Waals surface area contributed by atoms with E-state index in [1.54, 1.807) is 23.9 Å². The lowest BCUT2D eigenvalue weighted by atomic mass is 9.93. The highest BCUT2D eigenvalue weighted by Gasteiger charge is 2.22. The Bertz CT molecular complexity index is 1040. The predicted octanol–water partition coefficient (Wildman–Crippen LogP) is 3.55.